The summed E-state index contributed by atoms with van der Waals surface area (Å²) in [6.07, 6.45) is 0. The maximum atomic E-state index is 4.60. The van der Waals surface area contributed by atoms with E-state index in [2.05, 4.69) is 74.0 Å². The van der Waals surface area contributed by atoms with Crippen molar-refractivity contribution in [2.75, 3.05) is 6.54 Å². The number of hydrogen-bond donors (Lipinski definition) is 1. The molecule has 1 heterocycles. The van der Waals surface area contributed by atoms with E-state index in [0.717, 1.165) is 25.3 Å². The summed E-state index contributed by atoms with van der Waals surface area (Å²) in [5.74, 6) is 0.693. The Hall–Kier alpha value is -1.61. The summed E-state index contributed by atoms with van der Waals surface area (Å²) in [6, 6.07) is 8.83. The highest BCUT2D eigenvalue weighted by Gasteiger charge is 2.07. The lowest BCUT2D eigenvalue weighted by molar-refractivity contribution is 0.552. The lowest BCUT2D eigenvalue weighted by Gasteiger charge is -2.09. The Morgan fingerprint density at radius 2 is 1.67 bits per heavy atom. The highest BCUT2D eigenvalue weighted by atomic mass is 15.3. The second-order valence-electron chi connectivity index (χ2n) is 6.29. The first-order valence-electron chi connectivity index (χ1n) is 7.76. The fraction of sp³-hybridized carbons (Fsp3) is 0.500. The molecule has 0 aliphatic heterocycles. The van der Waals surface area contributed by atoms with E-state index in [0.29, 0.717) is 5.92 Å². The molecule has 21 heavy (non-hydrogen) atoms. The molecule has 0 saturated carbocycles. The van der Waals surface area contributed by atoms with Crippen LogP contribution in [0.15, 0.2) is 24.3 Å². The normalized spacial score (nSPS) is 11.3. The van der Waals surface area contributed by atoms with Gasteiger partial charge in [-0.25, -0.2) is 0 Å². The smallest absolute Gasteiger partial charge is 0.0662 e. The zero-order valence-corrected chi connectivity index (χ0v) is 13.9. The van der Waals surface area contributed by atoms with E-state index >= 15 is 0 Å². The Kier molecular flexibility index (Phi) is 5.18. The van der Waals surface area contributed by atoms with Gasteiger partial charge in [0.1, 0.15) is 0 Å². The van der Waals surface area contributed by atoms with E-state index in [1.807, 2.05) is 0 Å². The first kappa shape index (κ1) is 15.8. The van der Waals surface area contributed by atoms with Gasteiger partial charge in [-0.15, -0.1) is 0 Å². The molecule has 1 aromatic carbocycles. The van der Waals surface area contributed by atoms with Crippen LogP contribution in [-0.2, 0) is 13.1 Å². The van der Waals surface area contributed by atoms with Crippen LogP contribution in [0, 0.1) is 26.7 Å². The van der Waals surface area contributed by atoms with Gasteiger partial charge in [0, 0.05) is 12.2 Å². The minimum atomic E-state index is 0.693. The fourth-order valence-corrected chi connectivity index (χ4v) is 2.38. The standard InChI is InChI=1S/C18H27N3/c1-13(2)10-19-11-17-6-8-18(9-7-17)12-21-16(5)14(3)15(4)20-21/h6-9,13,19H,10-12H2,1-5H3. The van der Waals surface area contributed by atoms with Gasteiger partial charge in [0.15, 0.2) is 0 Å². The molecule has 0 aliphatic carbocycles. The Labute approximate surface area is 128 Å². The van der Waals surface area contributed by atoms with Crippen LogP contribution in [0.5, 0.6) is 0 Å². The molecule has 2 rings (SSSR count). The molecule has 0 aliphatic rings. The van der Waals surface area contributed by atoms with Crippen molar-refractivity contribution in [3.63, 3.8) is 0 Å². The molecule has 0 radical (unpaired) electrons. The zero-order chi connectivity index (χ0) is 15.4. The van der Waals surface area contributed by atoms with Crippen LogP contribution in [0.2, 0.25) is 0 Å². The van der Waals surface area contributed by atoms with Gasteiger partial charge in [-0.3, -0.25) is 4.68 Å². The van der Waals surface area contributed by atoms with Crippen LogP contribution in [-0.4, -0.2) is 16.3 Å². The first-order valence-corrected chi connectivity index (χ1v) is 7.76. The van der Waals surface area contributed by atoms with Crippen LogP contribution in [0.1, 0.15) is 41.9 Å². The summed E-state index contributed by atoms with van der Waals surface area (Å²) in [5, 5.41) is 8.07. The number of aromatic nitrogens is 2. The van der Waals surface area contributed by atoms with E-state index in [4.69, 9.17) is 0 Å². The zero-order valence-electron chi connectivity index (χ0n) is 13.9. The highest BCUT2D eigenvalue weighted by molar-refractivity contribution is 5.26. The molecule has 0 bridgehead atoms. The van der Waals surface area contributed by atoms with Crippen molar-refractivity contribution in [2.45, 2.75) is 47.7 Å². The van der Waals surface area contributed by atoms with Gasteiger partial charge in [-0.2, -0.15) is 5.10 Å². The number of nitrogens with zero attached hydrogens (tertiary/aromatic N) is 2. The van der Waals surface area contributed by atoms with E-state index in [1.54, 1.807) is 0 Å². The van der Waals surface area contributed by atoms with E-state index in [-0.39, 0.29) is 0 Å². The molecule has 3 heteroatoms. The van der Waals surface area contributed by atoms with Gasteiger partial charge in [-0.05, 0) is 49.9 Å². The molecule has 1 aromatic heterocycles. The van der Waals surface area contributed by atoms with Crippen molar-refractivity contribution >= 4 is 0 Å². The summed E-state index contributed by atoms with van der Waals surface area (Å²) in [6.45, 7) is 13.7. The second kappa shape index (κ2) is 6.90. The van der Waals surface area contributed by atoms with Gasteiger partial charge in [0.2, 0.25) is 0 Å². The Morgan fingerprint density at radius 1 is 1.05 bits per heavy atom. The third-order valence-corrected chi connectivity index (χ3v) is 3.98. The Morgan fingerprint density at radius 3 is 2.19 bits per heavy atom. The molecule has 0 amide bonds. The van der Waals surface area contributed by atoms with Crippen molar-refractivity contribution < 1.29 is 0 Å². The third-order valence-electron chi connectivity index (χ3n) is 3.98. The molecule has 1 N–H and O–H groups in total. The van der Waals surface area contributed by atoms with Crippen molar-refractivity contribution in [3.05, 3.63) is 52.3 Å². The van der Waals surface area contributed by atoms with Crippen LogP contribution < -0.4 is 5.32 Å². The van der Waals surface area contributed by atoms with Gasteiger partial charge in [0.25, 0.3) is 0 Å². The summed E-state index contributed by atoms with van der Waals surface area (Å²) in [4.78, 5) is 0. The van der Waals surface area contributed by atoms with E-state index in [1.165, 1.54) is 22.4 Å². The number of nitrogens with one attached hydrogen (secondary N) is 1. The topological polar surface area (TPSA) is 29.9 Å². The predicted molar refractivity (Wildman–Crippen MR) is 88.5 cm³/mol. The molecule has 114 valence electrons. The molecule has 0 atom stereocenters. The van der Waals surface area contributed by atoms with Crippen molar-refractivity contribution in [3.8, 4) is 0 Å². The van der Waals surface area contributed by atoms with Crippen molar-refractivity contribution in [1.29, 1.82) is 0 Å². The second-order valence-corrected chi connectivity index (χ2v) is 6.29. The Balaban J connectivity index is 1.97. The molecule has 0 fully saturated rings. The lowest BCUT2D eigenvalue weighted by Crippen LogP contribution is -2.18. The molecule has 2 aromatic rings. The minimum absolute atomic E-state index is 0.693. The SMILES string of the molecule is Cc1nn(Cc2ccc(CNCC(C)C)cc2)c(C)c1C. The number of rotatable bonds is 6. The third kappa shape index (κ3) is 4.18. The molecular formula is C18H27N3. The van der Waals surface area contributed by atoms with Crippen LogP contribution in [0.25, 0.3) is 0 Å². The molecular weight excluding hydrogens is 258 g/mol. The molecule has 0 unspecified atom stereocenters. The van der Waals surface area contributed by atoms with Crippen LogP contribution >= 0.6 is 0 Å². The minimum Gasteiger partial charge on any atom is -0.312 e. The quantitative estimate of drug-likeness (QED) is 0.879. The van der Waals surface area contributed by atoms with Gasteiger partial charge in [0.05, 0.1) is 12.2 Å². The first-order chi connectivity index (χ1) is 9.97. The van der Waals surface area contributed by atoms with Crippen LogP contribution in [0.3, 0.4) is 0 Å². The number of hydrogen-bond acceptors (Lipinski definition) is 2. The summed E-state index contributed by atoms with van der Waals surface area (Å²) >= 11 is 0. The molecule has 0 saturated heterocycles. The van der Waals surface area contributed by atoms with E-state index in [9.17, 15) is 0 Å². The maximum absolute atomic E-state index is 4.60. The molecule has 0 spiro atoms. The predicted octanol–water partition coefficient (Wildman–Crippen LogP) is 3.60. The summed E-state index contributed by atoms with van der Waals surface area (Å²) in [5.41, 5.74) is 6.32. The summed E-state index contributed by atoms with van der Waals surface area (Å²) in [7, 11) is 0. The Bertz CT molecular complexity index is 579. The number of benzene rings is 1. The van der Waals surface area contributed by atoms with Crippen molar-refractivity contribution in [1.82, 2.24) is 15.1 Å². The summed E-state index contributed by atoms with van der Waals surface area (Å²) < 4.78 is 2.09. The maximum Gasteiger partial charge on any atom is 0.0662 e. The largest absolute Gasteiger partial charge is 0.312 e. The van der Waals surface area contributed by atoms with Gasteiger partial charge < -0.3 is 5.32 Å². The van der Waals surface area contributed by atoms with E-state index < -0.39 is 0 Å². The van der Waals surface area contributed by atoms with Crippen molar-refractivity contribution in [2.24, 2.45) is 5.92 Å². The average Bonchev–Trinajstić information content (AvgIpc) is 2.68. The average molecular weight is 285 g/mol. The lowest BCUT2D eigenvalue weighted by atomic mass is 10.1. The monoisotopic (exact) mass is 285 g/mol. The number of aryl methyl sites for hydroxylation is 1. The fourth-order valence-electron chi connectivity index (χ4n) is 2.38. The van der Waals surface area contributed by atoms with Gasteiger partial charge in [-0.1, -0.05) is 38.1 Å². The van der Waals surface area contributed by atoms with Crippen LogP contribution in [0.4, 0.5) is 0 Å². The highest BCUT2D eigenvalue weighted by Crippen LogP contribution is 2.13. The molecule has 3 nitrogen and oxygen atoms in total. The van der Waals surface area contributed by atoms with Gasteiger partial charge >= 0.3 is 0 Å².